The molecular weight excluding hydrogens is 344 g/mol. The minimum atomic E-state index is -3.13. The predicted molar refractivity (Wildman–Crippen MR) is 107 cm³/mol. The van der Waals surface area contributed by atoms with Crippen LogP contribution in [0.1, 0.15) is 44.9 Å². The third-order valence-electron chi connectivity index (χ3n) is 5.91. The molecular formula is C21H34N2O2S. The van der Waals surface area contributed by atoms with E-state index in [2.05, 4.69) is 9.80 Å². The first-order valence-electron chi connectivity index (χ1n) is 10.4. The third kappa shape index (κ3) is 6.07. The highest BCUT2D eigenvalue weighted by atomic mass is 32.2. The van der Waals surface area contributed by atoms with E-state index in [1.165, 1.54) is 58.2 Å². The number of rotatable bonds is 7. The van der Waals surface area contributed by atoms with Crippen molar-refractivity contribution in [2.45, 2.75) is 49.8 Å². The Morgan fingerprint density at radius 1 is 0.846 bits per heavy atom. The summed E-state index contributed by atoms with van der Waals surface area (Å²) in [5.41, 5.74) is 0. The molecule has 0 amide bonds. The van der Waals surface area contributed by atoms with Crippen molar-refractivity contribution in [3.8, 4) is 0 Å². The van der Waals surface area contributed by atoms with Gasteiger partial charge in [0, 0.05) is 6.54 Å². The SMILES string of the molecule is O=S(=O)(CCCN1CCC(CN2CCCCCC2)CC1)c1ccccc1. The molecule has 0 spiro atoms. The Kier molecular flexibility index (Phi) is 7.52. The number of sulfone groups is 1. The number of hydrogen-bond donors (Lipinski definition) is 0. The fraction of sp³-hybridized carbons (Fsp3) is 0.714. The molecule has 2 aliphatic rings. The van der Waals surface area contributed by atoms with Crippen LogP contribution in [0.25, 0.3) is 0 Å². The van der Waals surface area contributed by atoms with Crippen LogP contribution in [0.15, 0.2) is 35.2 Å². The first-order valence-corrected chi connectivity index (χ1v) is 12.0. The smallest absolute Gasteiger partial charge is 0.178 e. The molecule has 146 valence electrons. The maximum Gasteiger partial charge on any atom is 0.178 e. The quantitative estimate of drug-likeness (QED) is 0.729. The number of likely N-dealkylation sites (tertiary alicyclic amines) is 2. The van der Waals surface area contributed by atoms with E-state index < -0.39 is 9.84 Å². The van der Waals surface area contributed by atoms with Crippen molar-refractivity contribution in [1.82, 2.24) is 9.80 Å². The summed E-state index contributed by atoms with van der Waals surface area (Å²) >= 11 is 0. The van der Waals surface area contributed by atoms with Crippen LogP contribution >= 0.6 is 0 Å². The Morgan fingerprint density at radius 2 is 1.50 bits per heavy atom. The van der Waals surface area contributed by atoms with Crippen molar-refractivity contribution in [3.05, 3.63) is 30.3 Å². The summed E-state index contributed by atoms with van der Waals surface area (Å²) in [4.78, 5) is 5.59. The Balaban J connectivity index is 1.35. The summed E-state index contributed by atoms with van der Waals surface area (Å²) in [6.07, 6.45) is 8.81. The van der Waals surface area contributed by atoms with Crippen molar-refractivity contribution >= 4 is 9.84 Å². The number of nitrogens with zero attached hydrogens (tertiary/aromatic N) is 2. The summed E-state index contributed by atoms with van der Waals surface area (Å²) in [5.74, 6) is 1.09. The largest absolute Gasteiger partial charge is 0.303 e. The molecule has 0 aromatic heterocycles. The van der Waals surface area contributed by atoms with Gasteiger partial charge in [-0.1, -0.05) is 31.0 Å². The number of benzene rings is 1. The molecule has 0 bridgehead atoms. The highest BCUT2D eigenvalue weighted by Crippen LogP contribution is 2.21. The molecule has 2 heterocycles. The molecule has 26 heavy (non-hydrogen) atoms. The van der Waals surface area contributed by atoms with Crippen LogP contribution in [0.4, 0.5) is 0 Å². The molecule has 0 radical (unpaired) electrons. The second-order valence-electron chi connectivity index (χ2n) is 7.99. The lowest BCUT2D eigenvalue weighted by Crippen LogP contribution is -2.39. The van der Waals surface area contributed by atoms with Crippen molar-refractivity contribution in [2.24, 2.45) is 5.92 Å². The average Bonchev–Trinajstić information content (AvgIpc) is 2.92. The maximum atomic E-state index is 12.4. The van der Waals surface area contributed by atoms with Gasteiger partial charge < -0.3 is 9.80 Å². The van der Waals surface area contributed by atoms with Gasteiger partial charge in [-0.3, -0.25) is 0 Å². The minimum absolute atomic E-state index is 0.255. The van der Waals surface area contributed by atoms with Crippen molar-refractivity contribution in [3.63, 3.8) is 0 Å². The number of piperidine rings is 1. The normalized spacial score (nSPS) is 21.5. The topological polar surface area (TPSA) is 40.6 Å². The van der Waals surface area contributed by atoms with Crippen molar-refractivity contribution in [1.29, 1.82) is 0 Å². The molecule has 2 fully saturated rings. The third-order valence-corrected chi connectivity index (χ3v) is 7.73. The van der Waals surface area contributed by atoms with Crippen LogP contribution in [0.2, 0.25) is 0 Å². The maximum absolute atomic E-state index is 12.4. The van der Waals surface area contributed by atoms with E-state index in [9.17, 15) is 8.42 Å². The van der Waals surface area contributed by atoms with E-state index in [0.29, 0.717) is 4.90 Å². The van der Waals surface area contributed by atoms with Gasteiger partial charge in [-0.25, -0.2) is 8.42 Å². The standard InChI is InChI=1S/C21H34N2O2S/c24-26(25,21-9-4-3-5-10-21)18-8-15-22-16-11-20(12-17-22)19-23-13-6-1-2-7-14-23/h3-5,9-10,20H,1-2,6-8,11-19H2. The van der Waals surface area contributed by atoms with E-state index in [0.717, 1.165) is 32.0 Å². The summed E-state index contributed by atoms with van der Waals surface area (Å²) in [7, 11) is -3.13. The summed E-state index contributed by atoms with van der Waals surface area (Å²) in [6, 6.07) is 8.84. The molecule has 3 rings (SSSR count). The van der Waals surface area contributed by atoms with E-state index in [1.807, 2.05) is 6.07 Å². The van der Waals surface area contributed by atoms with Gasteiger partial charge >= 0.3 is 0 Å². The molecule has 0 unspecified atom stereocenters. The Bertz CT molecular complexity index is 617. The zero-order valence-corrected chi connectivity index (χ0v) is 16.8. The Morgan fingerprint density at radius 3 is 2.15 bits per heavy atom. The first-order chi connectivity index (χ1) is 12.6. The van der Waals surface area contributed by atoms with Crippen LogP contribution in [0.3, 0.4) is 0 Å². The van der Waals surface area contributed by atoms with Crippen LogP contribution in [-0.2, 0) is 9.84 Å². The predicted octanol–water partition coefficient (Wildman–Crippen LogP) is 3.44. The fourth-order valence-electron chi connectivity index (χ4n) is 4.30. The second kappa shape index (κ2) is 9.86. The molecule has 1 aromatic carbocycles. The van der Waals surface area contributed by atoms with Gasteiger partial charge in [0.1, 0.15) is 0 Å². The van der Waals surface area contributed by atoms with Crippen LogP contribution < -0.4 is 0 Å². The lowest BCUT2D eigenvalue weighted by molar-refractivity contribution is 0.145. The first kappa shape index (κ1) is 19.8. The summed E-state index contributed by atoms with van der Waals surface area (Å²) in [5, 5.41) is 0. The van der Waals surface area contributed by atoms with E-state index in [-0.39, 0.29) is 5.75 Å². The highest BCUT2D eigenvalue weighted by molar-refractivity contribution is 7.91. The van der Waals surface area contributed by atoms with Crippen LogP contribution in [-0.4, -0.2) is 63.2 Å². The van der Waals surface area contributed by atoms with Gasteiger partial charge in [-0.2, -0.15) is 0 Å². The van der Waals surface area contributed by atoms with Gasteiger partial charge in [0.15, 0.2) is 9.84 Å². The molecule has 2 aliphatic heterocycles. The molecule has 0 saturated carbocycles. The molecule has 0 atom stereocenters. The highest BCUT2D eigenvalue weighted by Gasteiger charge is 2.22. The average molecular weight is 379 g/mol. The van der Waals surface area contributed by atoms with Crippen molar-refractivity contribution in [2.75, 3.05) is 45.0 Å². The molecule has 2 saturated heterocycles. The van der Waals surface area contributed by atoms with E-state index >= 15 is 0 Å². The minimum Gasteiger partial charge on any atom is -0.303 e. The van der Waals surface area contributed by atoms with Gasteiger partial charge in [0.25, 0.3) is 0 Å². The fourth-order valence-corrected chi connectivity index (χ4v) is 5.62. The Labute approximate surface area is 159 Å². The van der Waals surface area contributed by atoms with Crippen LogP contribution in [0.5, 0.6) is 0 Å². The zero-order valence-electron chi connectivity index (χ0n) is 16.0. The zero-order chi connectivity index (χ0) is 18.2. The molecule has 0 N–H and O–H groups in total. The summed E-state index contributed by atoms with van der Waals surface area (Å²) < 4.78 is 24.7. The lowest BCUT2D eigenvalue weighted by atomic mass is 9.96. The summed E-state index contributed by atoms with van der Waals surface area (Å²) in [6.45, 7) is 7.02. The molecule has 0 aliphatic carbocycles. The lowest BCUT2D eigenvalue weighted by Gasteiger charge is -2.34. The molecule has 5 heteroatoms. The van der Waals surface area contributed by atoms with Gasteiger partial charge in [0.05, 0.1) is 10.6 Å². The number of hydrogen-bond acceptors (Lipinski definition) is 4. The molecule has 1 aromatic rings. The van der Waals surface area contributed by atoms with Gasteiger partial charge in [0.2, 0.25) is 0 Å². The second-order valence-corrected chi connectivity index (χ2v) is 10.1. The van der Waals surface area contributed by atoms with Gasteiger partial charge in [-0.05, 0) is 82.9 Å². The van der Waals surface area contributed by atoms with Gasteiger partial charge in [-0.15, -0.1) is 0 Å². The van der Waals surface area contributed by atoms with E-state index in [1.54, 1.807) is 24.3 Å². The van der Waals surface area contributed by atoms with E-state index in [4.69, 9.17) is 0 Å². The monoisotopic (exact) mass is 378 g/mol. The Hall–Kier alpha value is -0.910. The van der Waals surface area contributed by atoms with Crippen molar-refractivity contribution < 1.29 is 8.42 Å². The van der Waals surface area contributed by atoms with Crippen LogP contribution in [0, 0.1) is 5.92 Å². The molecule has 4 nitrogen and oxygen atoms in total.